The molecule has 0 unspecified atom stereocenters. The van der Waals surface area contributed by atoms with Gasteiger partial charge in [-0.1, -0.05) is 17.3 Å². The fourth-order valence-electron chi connectivity index (χ4n) is 2.16. The van der Waals surface area contributed by atoms with Gasteiger partial charge in [0, 0.05) is 23.4 Å². The number of nitro groups is 1. The number of non-ortho nitro benzene ring substituents is 1. The minimum Gasteiger partial charge on any atom is -0.376 e. The van der Waals surface area contributed by atoms with Crippen molar-refractivity contribution in [1.82, 2.24) is 10.1 Å². The molecule has 0 radical (unpaired) electrons. The Morgan fingerprint density at radius 1 is 1.15 bits per heavy atom. The molecule has 3 rings (SSSR count). The lowest BCUT2D eigenvalue weighted by Crippen LogP contribution is -2.05. The summed E-state index contributed by atoms with van der Waals surface area (Å²) < 4.78 is 42.6. The molecule has 2 aromatic carbocycles. The summed E-state index contributed by atoms with van der Waals surface area (Å²) in [4.78, 5) is 14.4. The van der Waals surface area contributed by atoms with Crippen molar-refractivity contribution >= 4 is 11.4 Å². The molecule has 0 amide bonds. The lowest BCUT2D eigenvalue weighted by atomic mass is 10.2. The molecule has 0 aliphatic rings. The van der Waals surface area contributed by atoms with Crippen molar-refractivity contribution in [3.8, 4) is 11.4 Å². The van der Waals surface area contributed by atoms with Gasteiger partial charge in [-0.05, 0) is 24.3 Å². The summed E-state index contributed by atoms with van der Waals surface area (Å²) >= 11 is 0. The van der Waals surface area contributed by atoms with Crippen LogP contribution in [0.4, 0.5) is 24.5 Å². The standard InChI is InChI=1S/C16H11F3N4O3/c17-16(18,19)11-4-6-12(7-5-11)20-9-14-21-15(22-26-14)10-2-1-3-13(8-10)23(24)25/h1-8,20H,9H2. The number of hydrogen-bond donors (Lipinski definition) is 1. The molecule has 1 aromatic heterocycles. The van der Waals surface area contributed by atoms with Gasteiger partial charge in [-0.25, -0.2) is 0 Å². The van der Waals surface area contributed by atoms with Gasteiger partial charge < -0.3 is 9.84 Å². The van der Waals surface area contributed by atoms with Crippen LogP contribution in [0.2, 0.25) is 0 Å². The average Bonchev–Trinajstić information content (AvgIpc) is 3.09. The van der Waals surface area contributed by atoms with E-state index in [1.54, 1.807) is 6.07 Å². The van der Waals surface area contributed by atoms with Gasteiger partial charge >= 0.3 is 6.18 Å². The van der Waals surface area contributed by atoms with E-state index < -0.39 is 16.7 Å². The van der Waals surface area contributed by atoms with Gasteiger partial charge in [0.25, 0.3) is 5.69 Å². The van der Waals surface area contributed by atoms with Crippen LogP contribution in [0.5, 0.6) is 0 Å². The minimum absolute atomic E-state index is 0.0906. The zero-order chi connectivity index (χ0) is 18.7. The molecule has 1 heterocycles. The zero-order valence-electron chi connectivity index (χ0n) is 13.0. The first-order valence-corrected chi connectivity index (χ1v) is 7.31. The second-order valence-electron chi connectivity index (χ2n) is 5.25. The Hall–Kier alpha value is -3.43. The third kappa shape index (κ3) is 3.97. The number of halogens is 3. The molecule has 134 valence electrons. The van der Waals surface area contributed by atoms with E-state index in [9.17, 15) is 23.3 Å². The second kappa shape index (κ2) is 6.82. The summed E-state index contributed by atoms with van der Waals surface area (Å²) in [6.07, 6.45) is -4.39. The van der Waals surface area contributed by atoms with Crippen LogP contribution < -0.4 is 5.32 Å². The molecular formula is C16H11F3N4O3. The number of nitro benzene ring substituents is 1. The van der Waals surface area contributed by atoms with Crippen molar-refractivity contribution in [2.45, 2.75) is 12.7 Å². The van der Waals surface area contributed by atoms with E-state index in [0.29, 0.717) is 11.3 Å². The predicted molar refractivity (Wildman–Crippen MR) is 85.2 cm³/mol. The second-order valence-corrected chi connectivity index (χ2v) is 5.25. The molecule has 0 atom stereocenters. The maximum atomic E-state index is 12.5. The number of rotatable bonds is 5. The number of anilines is 1. The molecule has 0 saturated heterocycles. The molecule has 1 N–H and O–H groups in total. The van der Waals surface area contributed by atoms with Crippen LogP contribution in [0.15, 0.2) is 53.1 Å². The van der Waals surface area contributed by atoms with Crippen LogP contribution >= 0.6 is 0 Å². The van der Waals surface area contributed by atoms with Crippen molar-refractivity contribution < 1.29 is 22.6 Å². The largest absolute Gasteiger partial charge is 0.416 e. The average molecular weight is 364 g/mol. The maximum absolute atomic E-state index is 12.5. The predicted octanol–water partition coefficient (Wildman–Crippen LogP) is 4.28. The lowest BCUT2D eigenvalue weighted by Gasteiger charge is -2.08. The van der Waals surface area contributed by atoms with Crippen molar-refractivity contribution in [3.63, 3.8) is 0 Å². The number of nitrogens with zero attached hydrogens (tertiary/aromatic N) is 3. The van der Waals surface area contributed by atoms with E-state index in [4.69, 9.17) is 4.52 Å². The molecule has 26 heavy (non-hydrogen) atoms. The molecule has 10 heteroatoms. The van der Waals surface area contributed by atoms with Crippen LogP contribution in [0, 0.1) is 10.1 Å². The van der Waals surface area contributed by atoms with E-state index in [2.05, 4.69) is 15.5 Å². The maximum Gasteiger partial charge on any atom is 0.416 e. The summed E-state index contributed by atoms with van der Waals surface area (Å²) in [5.41, 5.74) is 0.0300. The fraction of sp³-hybridized carbons (Fsp3) is 0.125. The normalized spacial score (nSPS) is 11.3. The first-order valence-electron chi connectivity index (χ1n) is 7.31. The summed E-state index contributed by atoms with van der Waals surface area (Å²) in [6.45, 7) is 0.0906. The topological polar surface area (TPSA) is 94.1 Å². The van der Waals surface area contributed by atoms with Crippen LogP contribution in [0.25, 0.3) is 11.4 Å². The van der Waals surface area contributed by atoms with E-state index in [1.165, 1.54) is 30.3 Å². The number of alkyl halides is 3. The summed E-state index contributed by atoms with van der Waals surface area (Å²) in [7, 11) is 0. The Morgan fingerprint density at radius 2 is 1.88 bits per heavy atom. The Morgan fingerprint density at radius 3 is 2.54 bits per heavy atom. The van der Waals surface area contributed by atoms with Crippen LogP contribution in [-0.4, -0.2) is 15.1 Å². The monoisotopic (exact) mass is 364 g/mol. The molecule has 0 spiro atoms. The number of nitrogens with one attached hydrogen (secondary N) is 1. The third-order valence-electron chi connectivity index (χ3n) is 3.44. The van der Waals surface area contributed by atoms with Gasteiger partial charge in [0.1, 0.15) is 0 Å². The first kappa shape index (κ1) is 17.4. The van der Waals surface area contributed by atoms with Crippen LogP contribution in [0.3, 0.4) is 0 Å². The van der Waals surface area contributed by atoms with Gasteiger partial charge in [-0.3, -0.25) is 10.1 Å². The quantitative estimate of drug-likeness (QED) is 0.536. The van der Waals surface area contributed by atoms with Gasteiger partial charge in [0.15, 0.2) is 0 Å². The molecule has 0 saturated carbocycles. The number of benzene rings is 2. The molecule has 7 nitrogen and oxygen atoms in total. The number of aromatic nitrogens is 2. The highest BCUT2D eigenvalue weighted by Crippen LogP contribution is 2.30. The molecule has 0 aliphatic heterocycles. The Bertz CT molecular complexity index is 923. The van der Waals surface area contributed by atoms with Crippen LogP contribution in [0.1, 0.15) is 11.5 Å². The van der Waals surface area contributed by atoms with E-state index in [-0.39, 0.29) is 23.9 Å². The zero-order valence-corrected chi connectivity index (χ0v) is 13.0. The van der Waals surface area contributed by atoms with E-state index >= 15 is 0 Å². The van der Waals surface area contributed by atoms with E-state index in [0.717, 1.165) is 12.1 Å². The van der Waals surface area contributed by atoms with Crippen LogP contribution in [-0.2, 0) is 12.7 Å². The minimum atomic E-state index is -4.39. The summed E-state index contributed by atoms with van der Waals surface area (Å²) in [5, 5.41) is 17.4. The number of hydrogen-bond acceptors (Lipinski definition) is 6. The Kier molecular flexibility index (Phi) is 4.57. The summed E-state index contributed by atoms with van der Waals surface area (Å²) in [6, 6.07) is 10.3. The molecule has 0 bridgehead atoms. The van der Waals surface area contributed by atoms with Crippen molar-refractivity contribution in [2.75, 3.05) is 5.32 Å². The smallest absolute Gasteiger partial charge is 0.376 e. The highest BCUT2D eigenvalue weighted by Gasteiger charge is 2.29. The fourth-order valence-corrected chi connectivity index (χ4v) is 2.16. The van der Waals surface area contributed by atoms with E-state index in [1.807, 2.05) is 0 Å². The Balaban J connectivity index is 1.67. The third-order valence-corrected chi connectivity index (χ3v) is 3.44. The first-order chi connectivity index (χ1) is 12.3. The van der Waals surface area contributed by atoms with Gasteiger partial charge in [-0.15, -0.1) is 0 Å². The van der Waals surface area contributed by atoms with Gasteiger partial charge in [0.05, 0.1) is 17.0 Å². The lowest BCUT2D eigenvalue weighted by molar-refractivity contribution is -0.384. The van der Waals surface area contributed by atoms with Gasteiger partial charge in [-0.2, -0.15) is 18.2 Å². The molecule has 3 aromatic rings. The van der Waals surface area contributed by atoms with Gasteiger partial charge in [0.2, 0.25) is 11.7 Å². The molecule has 0 aliphatic carbocycles. The van der Waals surface area contributed by atoms with Crippen molar-refractivity contribution in [1.29, 1.82) is 0 Å². The SMILES string of the molecule is O=[N+]([O-])c1cccc(-c2noc(CNc3ccc(C(F)(F)F)cc3)n2)c1. The summed E-state index contributed by atoms with van der Waals surface area (Å²) in [5.74, 6) is 0.365. The van der Waals surface area contributed by atoms with Crippen molar-refractivity contribution in [2.24, 2.45) is 0 Å². The highest BCUT2D eigenvalue weighted by atomic mass is 19.4. The van der Waals surface area contributed by atoms with Crippen molar-refractivity contribution in [3.05, 3.63) is 70.1 Å². The highest BCUT2D eigenvalue weighted by molar-refractivity contribution is 5.58. The molecule has 0 fully saturated rings. The molecular weight excluding hydrogens is 353 g/mol. The Labute approximate surface area is 144 Å².